The van der Waals surface area contributed by atoms with Gasteiger partial charge in [-0.1, -0.05) is 0 Å². The Labute approximate surface area is 90.2 Å². The molecule has 15 heavy (non-hydrogen) atoms. The lowest BCUT2D eigenvalue weighted by atomic mass is 10.2. The van der Waals surface area contributed by atoms with E-state index in [2.05, 4.69) is 0 Å². The van der Waals surface area contributed by atoms with Crippen LogP contribution in [-0.2, 0) is 9.59 Å². The van der Waals surface area contributed by atoms with E-state index in [-0.39, 0.29) is 24.4 Å². The van der Waals surface area contributed by atoms with Crippen LogP contribution in [0, 0.1) is 0 Å². The van der Waals surface area contributed by atoms with Crippen LogP contribution in [0.15, 0.2) is 0 Å². The summed E-state index contributed by atoms with van der Waals surface area (Å²) in [5.41, 5.74) is 5.33. The molecular weight excluding hydrogens is 194 g/mol. The summed E-state index contributed by atoms with van der Waals surface area (Å²) in [6, 6.07) is 0.148. The molecule has 0 aromatic carbocycles. The highest BCUT2D eigenvalue weighted by Crippen LogP contribution is 2.17. The standard InChI is InChI=1S/C10H19N3O2/c1-8(14)12(2)7-9-4-3-5-13(9)10(15)6-11/h9H,3-7,11H2,1-2H3. The number of nitrogens with zero attached hydrogens (tertiary/aromatic N) is 2. The van der Waals surface area contributed by atoms with Crippen molar-refractivity contribution in [1.29, 1.82) is 0 Å². The van der Waals surface area contributed by atoms with Crippen molar-refractivity contribution in [3.63, 3.8) is 0 Å². The van der Waals surface area contributed by atoms with E-state index in [1.165, 1.54) is 6.92 Å². The Morgan fingerprint density at radius 2 is 2.20 bits per heavy atom. The van der Waals surface area contributed by atoms with E-state index in [1.807, 2.05) is 0 Å². The molecule has 0 bridgehead atoms. The molecule has 1 aliphatic rings. The SMILES string of the molecule is CC(=O)N(C)CC1CCCN1C(=O)CN. The summed E-state index contributed by atoms with van der Waals surface area (Å²) < 4.78 is 0. The number of hydrogen-bond donors (Lipinski definition) is 1. The molecule has 2 N–H and O–H groups in total. The maximum absolute atomic E-state index is 11.5. The molecule has 0 radical (unpaired) electrons. The molecule has 0 aromatic heterocycles. The summed E-state index contributed by atoms with van der Waals surface area (Å²) in [4.78, 5) is 26.0. The maximum Gasteiger partial charge on any atom is 0.236 e. The molecule has 86 valence electrons. The van der Waals surface area contributed by atoms with Crippen molar-refractivity contribution >= 4 is 11.8 Å². The third-order valence-corrected chi connectivity index (χ3v) is 2.89. The Morgan fingerprint density at radius 1 is 1.53 bits per heavy atom. The smallest absolute Gasteiger partial charge is 0.236 e. The Hall–Kier alpha value is -1.10. The van der Waals surface area contributed by atoms with Gasteiger partial charge in [-0.05, 0) is 12.8 Å². The zero-order chi connectivity index (χ0) is 11.4. The van der Waals surface area contributed by atoms with Crippen molar-refractivity contribution in [1.82, 2.24) is 9.80 Å². The molecule has 1 rings (SSSR count). The van der Waals surface area contributed by atoms with Crippen molar-refractivity contribution in [3.8, 4) is 0 Å². The summed E-state index contributed by atoms with van der Waals surface area (Å²) in [5, 5.41) is 0. The van der Waals surface area contributed by atoms with E-state index in [4.69, 9.17) is 5.73 Å². The molecule has 1 fully saturated rings. The molecule has 0 saturated carbocycles. The minimum atomic E-state index is -0.0190. The summed E-state index contributed by atoms with van der Waals surface area (Å²) in [7, 11) is 1.76. The zero-order valence-corrected chi connectivity index (χ0v) is 9.40. The Balaban J connectivity index is 2.53. The van der Waals surface area contributed by atoms with Crippen LogP contribution in [0.2, 0.25) is 0 Å². The molecule has 0 aromatic rings. The molecule has 1 heterocycles. The molecular formula is C10H19N3O2. The van der Waals surface area contributed by atoms with Gasteiger partial charge in [0.05, 0.1) is 6.54 Å². The fourth-order valence-electron chi connectivity index (χ4n) is 1.92. The maximum atomic E-state index is 11.5. The molecule has 5 heteroatoms. The lowest BCUT2D eigenvalue weighted by molar-refractivity contribution is -0.133. The van der Waals surface area contributed by atoms with E-state index < -0.39 is 0 Å². The zero-order valence-electron chi connectivity index (χ0n) is 9.40. The number of nitrogens with two attached hydrogens (primary N) is 1. The van der Waals surface area contributed by atoms with Crippen molar-refractivity contribution in [2.75, 3.05) is 26.7 Å². The average molecular weight is 213 g/mol. The van der Waals surface area contributed by atoms with Crippen LogP contribution in [0.1, 0.15) is 19.8 Å². The number of rotatable bonds is 3. The van der Waals surface area contributed by atoms with Gasteiger partial charge in [-0.15, -0.1) is 0 Å². The molecule has 1 unspecified atom stereocenters. The first-order valence-electron chi connectivity index (χ1n) is 5.27. The van der Waals surface area contributed by atoms with Crippen LogP contribution in [0.25, 0.3) is 0 Å². The fraction of sp³-hybridized carbons (Fsp3) is 0.800. The van der Waals surface area contributed by atoms with Gasteiger partial charge in [0.25, 0.3) is 0 Å². The summed E-state index contributed by atoms with van der Waals surface area (Å²) >= 11 is 0. The first-order chi connectivity index (χ1) is 7.06. The second kappa shape index (κ2) is 5.11. The number of hydrogen-bond acceptors (Lipinski definition) is 3. The summed E-state index contributed by atoms with van der Waals surface area (Å²) in [6.45, 7) is 2.97. The van der Waals surface area contributed by atoms with Crippen LogP contribution >= 0.6 is 0 Å². The predicted molar refractivity (Wildman–Crippen MR) is 57.1 cm³/mol. The van der Waals surface area contributed by atoms with Crippen molar-refractivity contribution in [2.24, 2.45) is 5.73 Å². The van der Waals surface area contributed by atoms with Crippen LogP contribution in [-0.4, -0.2) is 54.3 Å². The first kappa shape index (κ1) is 12.0. The molecule has 2 amide bonds. The van der Waals surface area contributed by atoms with Gasteiger partial charge in [0.15, 0.2) is 0 Å². The quantitative estimate of drug-likeness (QED) is 0.681. The number of likely N-dealkylation sites (N-methyl/N-ethyl adjacent to an activating group) is 1. The fourth-order valence-corrected chi connectivity index (χ4v) is 1.92. The number of likely N-dealkylation sites (tertiary alicyclic amines) is 1. The van der Waals surface area contributed by atoms with Crippen LogP contribution in [0.4, 0.5) is 0 Å². The normalized spacial score (nSPS) is 20.5. The summed E-state index contributed by atoms with van der Waals surface area (Å²) in [6.07, 6.45) is 1.96. The number of amides is 2. The van der Waals surface area contributed by atoms with E-state index >= 15 is 0 Å². The molecule has 1 atom stereocenters. The minimum absolute atomic E-state index is 0.0190. The largest absolute Gasteiger partial charge is 0.344 e. The van der Waals surface area contributed by atoms with E-state index in [1.54, 1.807) is 16.8 Å². The van der Waals surface area contributed by atoms with E-state index in [9.17, 15) is 9.59 Å². The van der Waals surface area contributed by atoms with Gasteiger partial charge in [0, 0.05) is 33.1 Å². The Morgan fingerprint density at radius 3 is 2.73 bits per heavy atom. The number of carbonyl (C=O) groups is 2. The first-order valence-corrected chi connectivity index (χ1v) is 5.27. The van der Waals surface area contributed by atoms with Gasteiger partial charge in [0.1, 0.15) is 0 Å². The van der Waals surface area contributed by atoms with Gasteiger partial charge < -0.3 is 15.5 Å². The highest BCUT2D eigenvalue weighted by molar-refractivity contribution is 5.79. The van der Waals surface area contributed by atoms with Gasteiger partial charge >= 0.3 is 0 Å². The van der Waals surface area contributed by atoms with Gasteiger partial charge in [0.2, 0.25) is 11.8 Å². The third kappa shape index (κ3) is 2.92. The second-order valence-electron chi connectivity index (χ2n) is 3.99. The molecule has 0 spiro atoms. The van der Waals surface area contributed by atoms with Gasteiger partial charge in [-0.25, -0.2) is 0 Å². The van der Waals surface area contributed by atoms with Crippen molar-refractivity contribution in [3.05, 3.63) is 0 Å². The van der Waals surface area contributed by atoms with Crippen LogP contribution in [0.5, 0.6) is 0 Å². The minimum Gasteiger partial charge on any atom is -0.344 e. The third-order valence-electron chi connectivity index (χ3n) is 2.89. The Kier molecular flexibility index (Phi) is 4.08. The highest BCUT2D eigenvalue weighted by atomic mass is 16.2. The van der Waals surface area contributed by atoms with Crippen molar-refractivity contribution < 1.29 is 9.59 Å². The Bertz CT molecular complexity index is 255. The van der Waals surface area contributed by atoms with E-state index in [0.717, 1.165) is 19.4 Å². The predicted octanol–water partition coefficient (Wildman–Crippen LogP) is -0.586. The topological polar surface area (TPSA) is 66.6 Å². The molecule has 0 aliphatic carbocycles. The number of carbonyl (C=O) groups excluding carboxylic acids is 2. The lowest BCUT2D eigenvalue weighted by Gasteiger charge is -2.28. The van der Waals surface area contributed by atoms with E-state index in [0.29, 0.717) is 6.54 Å². The molecule has 1 saturated heterocycles. The second-order valence-corrected chi connectivity index (χ2v) is 3.99. The highest BCUT2D eigenvalue weighted by Gasteiger charge is 2.28. The summed E-state index contributed by atoms with van der Waals surface area (Å²) in [5.74, 6) is 0.0106. The van der Waals surface area contributed by atoms with Gasteiger partial charge in [-0.2, -0.15) is 0 Å². The monoisotopic (exact) mass is 213 g/mol. The molecule has 5 nitrogen and oxygen atoms in total. The average Bonchev–Trinajstić information content (AvgIpc) is 2.64. The molecule has 1 aliphatic heterocycles. The van der Waals surface area contributed by atoms with Crippen LogP contribution in [0.3, 0.4) is 0 Å². The van der Waals surface area contributed by atoms with Gasteiger partial charge in [-0.3, -0.25) is 9.59 Å². The van der Waals surface area contributed by atoms with Crippen molar-refractivity contribution in [2.45, 2.75) is 25.8 Å². The lowest BCUT2D eigenvalue weighted by Crippen LogP contribution is -2.45. The van der Waals surface area contributed by atoms with Crippen LogP contribution < -0.4 is 5.73 Å².